The average molecular weight is 461 g/mol. The van der Waals surface area contributed by atoms with Crippen molar-refractivity contribution < 1.29 is 9.59 Å². The second-order valence-electron chi connectivity index (χ2n) is 6.29. The molecule has 4 nitrogen and oxygen atoms in total. The molecule has 1 rings (SSSR count). The number of rotatable bonds is 4. The summed E-state index contributed by atoms with van der Waals surface area (Å²) in [6.45, 7) is 3.44. The van der Waals surface area contributed by atoms with Crippen LogP contribution in [0.1, 0.15) is 26.7 Å². The fraction of sp³-hybridized carbons (Fsp3) is 0.857. The average Bonchev–Trinajstić information content (AvgIpc) is 2.43. The van der Waals surface area contributed by atoms with Gasteiger partial charge in [0.1, 0.15) is 12.1 Å². The maximum absolute atomic E-state index is 12.7. The molecule has 4 unspecified atom stereocenters. The molecule has 10 heteroatoms. The number of nitrogens with zero attached hydrogens (tertiary/aromatic N) is 2. The van der Waals surface area contributed by atoms with E-state index in [0.717, 1.165) is 0 Å². The first-order chi connectivity index (χ1) is 10.7. The lowest BCUT2D eigenvalue weighted by Gasteiger charge is -2.44. The molecule has 2 amide bonds. The van der Waals surface area contributed by atoms with Crippen molar-refractivity contribution in [3.8, 4) is 0 Å². The summed E-state index contributed by atoms with van der Waals surface area (Å²) in [5, 5.41) is 0. The van der Waals surface area contributed by atoms with Crippen LogP contribution in [0.25, 0.3) is 0 Å². The van der Waals surface area contributed by atoms with E-state index in [1.807, 2.05) is 0 Å². The van der Waals surface area contributed by atoms with Gasteiger partial charge in [-0.3, -0.25) is 9.59 Å². The number of hydrogen-bond donors (Lipinski definition) is 0. The lowest BCUT2D eigenvalue weighted by molar-refractivity contribution is -0.159. The SMILES string of the molecule is CC(CC1C(=O)N(C)C(CC(C)C(Cl)(Cl)Cl)C(=O)N1C)C(Cl)(Cl)Cl. The fourth-order valence-electron chi connectivity index (χ4n) is 2.56. The van der Waals surface area contributed by atoms with Gasteiger partial charge in [-0.05, 0) is 12.8 Å². The van der Waals surface area contributed by atoms with E-state index in [2.05, 4.69) is 0 Å². The van der Waals surface area contributed by atoms with Gasteiger partial charge in [-0.1, -0.05) is 83.5 Å². The van der Waals surface area contributed by atoms with E-state index in [-0.39, 0.29) is 24.7 Å². The molecule has 0 aliphatic carbocycles. The summed E-state index contributed by atoms with van der Waals surface area (Å²) in [6.07, 6.45) is 0.489. The van der Waals surface area contributed by atoms with Crippen LogP contribution in [-0.2, 0) is 9.59 Å². The Morgan fingerprint density at radius 3 is 1.25 bits per heavy atom. The van der Waals surface area contributed by atoms with Gasteiger partial charge >= 0.3 is 0 Å². The van der Waals surface area contributed by atoms with E-state index in [1.165, 1.54) is 9.80 Å². The second kappa shape index (κ2) is 8.14. The second-order valence-corrected chi connectivity index (χ2v) is 11.0. The van der Waals surface area contributed by atoms with Gasteiger partial charge in [-0.25, -0.2) is 0 Å². The highest BCUT2D eigenvalue weighted by molar-refractivity contribution is 6.68. The van der Waals surface area contributed by atoms with Crippen molar-refractivity contribution in [3.63, 3.8) is 0 Å². The van der Waals surface area contributed by atoms with Gasteiger partial charge in [0.15, 0.2) is 7.59 Å². The molecular formula is C14H20Cl6N2O2. The molecule has 1 fully saturated rings. The van der Waals surface area contributed by atoms with Crippen LogP contribution >= 0.6 is 69.6 Å². The first kappa shape index (κ1) is 22.7. The predicted octanol–water partition coefficient (Wildman–Crippen LogP) is 4.45. The van der Waals surface area contributed by atoms with E-state index in [4.69, 9.17) is 69.6 Å². The maximum atomic E-state index is 12.7. The zero-order chi connectivity index (χ0) is 19.0. The standard InChI is InChI=1S/C14H20Cl6N2O2/c1-7(13(15,16)17)5-9-11(23)22(4)10(12(24)21(9)3)6-8(2)14(18,19)20/h7-10H,5-6H2,1-4H3. The molecule has 0 aromatic carbocycles. The van der Waals surface area contributed by atoms with Crippen LogP contribution in [0.2, 0.25) is 0 Å². The molecule has 0 spiro atoms. The summed E-state index contributed by atoms with van der Waals surface area (Å²) in [6, 6.07) is -1.38. The largest absolute Gasteiger partial charge is 0.332 e. The minimum absolute atomic E-state index is 0.222. The van der Waals surface area contributed by atoms with Gasteiger partial charge in [0.25, 0.3) is 0 Å². The number of carbonyl (C=O) groups is 2. The van der Waals surface area contributed by atoms with Gasteiger partial charge in [0.05, 0.1) is 0 Å². The third-order valence-electron chi connectivity index (χ3n) is 4.47. The van der Waals surface area contributed by atoms with Crippen LogP contribution in [0.5, 0.6) is 0 Å². The van der Waals surface area contributed by atoms with E-state index >= 15 is 0 Å². The van der Waals surface area contributed by atoms with Crippen molar-refractivity contribution in [2.45, 2.75) is 46.4 Å². The van der Waals surface area contributed by atoms with Crippen LogP contribution in [0.3, 0.4) is 0 Å². The molecule has 0 aromatic heterocycles. The van der Waals surface area contributed by atoms with Crippen LogP contribution in [0, 0.1) is 11.8 Å². The number of piperazine rings is 1. The van der Waals surface area contributed by atoms with E-state index in [1.54, 1.807) is 27.9 Å². The van der Waals surface area contributed by atoms with Gasteiger partial charge < -0.3 is 9.80 Å². The minimum atomic E-state index is -1.51. The molecule has 24 heavy (non-hydrogen) atoms. The quantitative estimate of drug-likeness (QED) is 0.581. The Kier molecular flexibility index (Phi) is 7.71. The van der Waals surface area contributed by atoms with Crippen molar-refractivity contribution in [2.24, 2.45) is 11.8 Å². The smallest absolute Gasteiger partial charge is 0.245 e. The number of amides is 2. The van der Waals surface area contributed by atoms with Gasteiger partial charge in [0.2, 0.25) is 11.8 Å². The molecule has 1 heterocycles. The van der Waals surface area contributed by atoms with E-state index in [0.29, 0.717) is 0 Å². The molecule has 0 radical (unpaired) electrons. The molecule has 1 saturated heterocycles. The topological polar surface area (TPSA) is 40.6 Å². The maximum Gasteiger partial charge on any atom is 0.245 e. The summed E-state index contributed by atoms with van der Waals surface area (Å²) in [4.78, 5) is 28.2. The van der Waals surface area contributed by atoms with Crippen molar-refractivity contribution in [2.75, 3.05) is 14.1 Å². The minimum Gasteiger partial charge on any atom is -0.332 e. The summed E-state index contributed by atoms with van der Waals surface area (Å²) < 4.78 is -3.02. The summed E-state index contributed by atoms with van der Waals surface area (Å²) in [5.41, 5.74) is 0. The Morgan fingerprint density at radius 1 is 0.792 bits per heavy atom. The Bertz CT molecular complexity index is 447. The monoisotopic (exact) mass is 458 g/mol. The molecule has 0 aromatic rings. The Balaban J connectivity index is 2.94. The highest BCUT2D eigenvalue weighted by atomic mass is 35.6. The highest BCUT2D eigenvalue weighted by Crippen LogP contribution is 2.40. The predicted molar refractivity (Wildman–Crippen MR) is 101 cm³/mol. The van der Waals surface area contributed by atoms with Crippen LogP contribution < -0.4 is 0 Å². The molecule has 4 atom stereocenters. The van der Waals surface area contributed by atoms with E-state index < -0.39 is 31.5 Å². The Hall–Kier alpha value is 0.680. The number of halogens is 6. The number of carbonyl (C=O) groups excluding carboxylic acids is 2. The normalized spacial score (nSPS) is 25.9. The van der Waals surface area contributed by atoms with Crippen LogP contribution in [0.15, 0.2) is 0 Å². The third-order valence-corrected chi connectivity index (χ3v) is 6.71. The molecular weight excluding hydrogens is 441 g/mol. The third kappa shape index (κ3) is 5.34. The number of alkyl halides is 6. The highest BCUT2D eigenvalue weighted by Gasteiger charge is 2.46. The molecule has 1 aliphatic rings. The Morgan fingerprint density at radius 2 is 1.04 bits per heavy atom. The first-order valence-electron chi connectivity index (χ1n) is 7.34. The van der Waals surface area contributed by atoms with Crippen LogP contribution in [0.4, 0.5) is 0 Å². The lowest BCUT2D eigenvalue weighted by Crippen LogP contribution is -2.63. The van der Waals surface area contributed by atoms with E-state index in [9.17, 15) is 9.59 Å². The van der Waals surface area contributed by atoms with Gasteiger partial charge in [-0.15, -0.1) is 0 Å². The molecule has 0 bridgehead atoms. The molecule has 140 valence electrons. The molecule has 0 N–H and O–H groups in total. The summed E-state index contributed by atoms with van der Waals surface area (Å²) >= 11 is 35.3. The zero-order valence-corrected chi connectivity index (χ0v) is 18.2. The molecule has 0 saturated carbocycles. The van der Waals surface area contributed by atoms with Crippen molar-refractivity contribution in [3.05, 3.63) is 0 Å². The zero-order valence-electron chi connectivity index (χ0n) is 13.7. The molecule has 1 aliphatic heterocycles. The van der Waals surface area contributed by atoms with Gasteiger partial charge in [-0.2, -0.15) is 0 Å². The first-order valence-corrected chi connectivity index (χ1v) is 9.61. The van der Waals surface area contributed by atoms with Crippen molar-refractivity contribution in [1.82, 2.24) is 9.80 Å². The summed E-state index contributed by atoms with van der Waals surface area (Å²) in [7, 11) is 3.13. The fourth-order valence-corrected chi connectivity index (χ4v) is 3.10. The van der Waals surface area contributed by atoms with Crippen molar-refractivity contribution >= 4 is 81.4 Å². The lowest BCUT2D eigenvalue weighted by atomic mass is 9.93. The Labute approximate surface area is 172 Å². The van der Waals surface area contributed by atoms with Crippen molar-refractivity contribution in [1.29, 1.82) is 0 Å². The number of hydrogen-bond acceptors (Lipinski definition) is 2. The number of likely N-dealkylation sites (N-methyl/N-ethyl adjacent to an activating group) is 2. The van der Waals surface area contributed by atoms with Crippen LogP contribution in [-0.4, -0.2) is 55.4 Å². The summed E-state index contributed by atoms with van der Waals surface area (Å²) in [5.74, 6) is -1.26. The van der Waals surface area contributed by atoms with Gasteiger partial charge in [0, 0.05) is 25.9 Å².